The number of piperidine rings is 1. The van der Waals surface area contributed by atoms with Crippen LogP contribution in [0.25, 0.3) is 0 Å². The van der Waals surface area contributed by atoms with Gasteiger partial charge in [0.2, 0.25) is 5.91 Å². The largest absolute Gasteiger partial charge is 0.481 e. The van der Waals surface area contributed by atoms with E-state index in [0.29, 0.717) is 38.9 Å². The molecular formula is C13H23N3O4. The van der Waals surface area contributed by atoms with Crippen molar-refractivity contribution in [3.8, 4) is 0 Å². The number of aliphatic carboxylic acids is 1. The number of primary amides is 1. The molecule has 0 saturated carbocycles. The van der Waals surface area contributed by atoms with E-state index in [1.807, 2.05) is 0 Å². The van der Waals surface area contributed by atoms with Crippen LogP contribution in [-0.2, 0) is 9.59 Å². The number of nitrogens with zero attached hydrogens (tertiary/aromatic N) is 1. The number of carbonyl (C=O) groups is 3. The number of carboxylic acids is 1. The zero-order valence-electron chi connectivity index (χ0n) is 11.6. The molecule has 0 aliphatic carbocycles. The summed E-state index contributed by atoms with van der Waals surface area (Å²) in [5.41, 5.74) is 5.24. The Labute approximate surface area is 118 Å². The van der Waals surface area contributed by atoms with Crippen LogP contribution in [-0.4, -0.2) is 47.5 Å². The Morgan fingerprint density at radius 2 is 1.80 bits per heavy atom. The van der Waals surface area contributed by atoms with E-state index in [0.717, 1.165) is 12.8 Å². The van der Waals surface area contributed by atoms with E-state index in [9.17, 15) is 14.4 Å². The van der Waals surface area contributed by atoms with E-state index >= 15 is 0 Å². The molecule has 0 aromatic heterocycles. The summed E-state index contributed by atoms with van der Waals surface area (Å²) in [6, 6.07) is -0.119. The van der Waals surface area contributed by atoms with Gasteiger partial charge in [0.05, 0.1) is 0 Å². The molecule has 0 atom stereocenters. The van der Waals surface area contributed by atoms with Crippen molar-refractivity contribution in [2.45, 2.75) is 38.5 Å². The molecule has 1 fully saturated rings. The average molecular weight is 285 g/mol. The quantitative estimate of drug-likeness (QED) is 0.592. The molecule has 1 saturated heterocycles. The lowest BCUT2D eigenvalue weighted by atomic mass is 9.96. The van der Waals surface area contributed by atoms with E-state index in [-0.39, 0.29) is 24.3 Å². The molecular weight excluding hydrogens is 262 g/mol. The van der Waals surface area contributed by atoms with Crippen molar-refractivity contribution in [2.24, 2.45) is 11.7 Å². The van der Waals surface area contributed by atoms with Gasteiger partial charge in [-0.2, -0.15) is 0 Å². The number of unbranched alkanes of at least 4 members (excludes halogenated alkanes) is 2. The van der Waals surface area contributed by atoms with E-state index in [1.54, 1.807) is 4.90 Å². The Morgan fingerprint density at radius 1 is 1.15 bits per heavy atom. The van der Waals surface area contributed by atoms with Crippen LogP contribution in [0.15, 0.2) is 0 Å². The highest BCUT2D eigenvalue weighted by Gasteiger charge is 2.25. The normalized spacial score (nSPS) is 15.9. The predicted octanol–water partition coefficient (Wildman–Crippen LogP) is 0.538. The van der Waals surface area contributed by atoms with Gasteiger partial charge in [0.25, 0.3) is 0 Å². The van der Waals surface area contributed by atoms with E-state index in [1.165, 1.54) is 0 Å². The number of carbonyl (C=O) groups excluding carboxylic acids is 2. The maximum atomic E-state index is 11.8. The van der Waals surface area contributed by atoms with Crippen molar-refractivity contribution in [3.05, 3.63) is 0 Å². The summed E-state index contributed by atoms with van der Waals surface area (Å²) in [6.07, 6.45) is 3.62. The van der Waals surface area contributed by atoms with Gasteiger partial charge in [0.15, 0.2) is 0 Å². The highest BCUT2D eigenvalue weighted by molar-refractivity contribution is 5.78. The molecule has 0 bridgehead atoms. The lowest BCUT2D eigenvalue weighted by molar-refractivity contribution is -0.137. The maximum absolute atomic E-state index is 11.8. The Morgan fingerprint density at radius 3 is 2.35 bits per heavy atom. The second-order valence-corrected chi connectivity index (χ2v) is 5.10. The molecule has 7 heteroatoms. The molecule has 1 aliphatic rings. The van der Waals surface area contributed by atoms with Gasteiger partial charge in [0, 0.05) is 32.0 Å². The molecule has 0 unspecified atom stereocenters. The Kier molecular flexibility index (Phi) is 6.83. The third kappa shape index (κ3) is 5.90. The van der Waals surface area contributed by atoms with Gasteiger partial charge in [-0.25, -0.2) is 4.79 Å². The molecule has 1 heterocycles. The summed E-state index contributed by atoms with van der Waals surface area (Å²) >= 11 is 0. The van der Waals surface area contributed by atoms with Crippen molar-refractivity contribution < 1.29 is 19.5 Å². The van der Waals surface area contributed by atoms with Gasteiger partial charge in [-0.3, -0.25) is 9.59 Å². The molecule has 7 nitrogen and oxygen atoms in total. The minimum absolute atomic E-state index is 0.116. The molecule has 0 aromatic carbocycles. The number of hydrogen-bond acceptors (Lipinski definition) is 3. The summed E-state index contributed by atoms with van der Waals surface area (Å²) in [6.45, 7) is 1.66. The fourth-order valence-electron chi connectivity index (χ4n) is 2.25. The fraction of sp³-hybridized carbons (Fsp3) is 0.769. The first kappa shape index (κ1) is 16.3. The van der Waals surface area contributed by atoms with Crippen molar-refractivity contribution in [3.63, 3.8) is 0 Å². The topological polar surface area (TPSA) is 113 Å². The minimum atomic E-state index is -0.786. The Bertz CT molecular complexity index is 352. The minimum Gasteiger partial charge on any atom is -0.481 e. The van der Waals surface area contributed by atoms with Crippen LogP contribution in [0.4, 0.5) is 4.79 Å². The first-order valence-corrected chi connectivity index (χ1v) is 7.04. The smallest absolute Gasteiger partial charge is 0.317 e. The number of rotatable bonds is 7. The zero-order valence-corrected chi connectivity index (χ0v) is 11.6. The van der Waals surface area contributed by atoms with Crippen LogP contribution in [0.5, 0.6) is 0 Å². The van der Waals surface area contributed by atoms with Crippen LogP contribution in [0.1, 0.15) is 38.5 Å². The predicted molar refractivity (Wildman–Crippen MR) is 73.0 cm³/mol. The van der Waals surface area contributed by atoms with Gasteiger partial charge < -0.3 is 21.1 Å². The van der Waals surface area contributed by atoms with Gasteiger partial charge in [-0.1, -0.05) is 6.42 Å². The molecule has 0 radical (unpaired) electrons. The first-order valence-electron chi connectivity index (χ1n) is 7.04. The van der Waals surface area contributed by atoms with Crippen LogP contribution in [0, 0.1) is 5.92 Å². The summed E-state index contributed by atoms with van der Waals surface area (Å²) in [7, 11) is 0. The van der Waals surface area contributed by atoms with Crippen molar-refractivity contribution in [1.82, 2.24) is 10.2 Å². The van der Waals surface area contributed by atoms with Crippen molar-refractivity contribution in [1.29, 1.82) is 0 Å². The average Bonchev–Trinajstić information content (AvgIpc) is 2.42. The molecule has 1 aliphatic heterocycles. The van der Waals surface area contributed by atoms with Crippen molar-refractivity contribution in [2.75, 3.05) is 19.6 Å². The summed E-state index contributed by atoms with van der Waals surface area (Å²) in [5, 5.41) is 11.3. The number of amides is 3. The van der Waals surface area contributed by atoms with Gasteiger partial charge in [0.1, 0.15) is 0 Å². The maximum Gasteiger partial charge on any atom is 0.317 e. The third-order valence-electron chi connectivity index (χ3n) is 3.53. The number of nitrogens with two attached hydrogens (primary N) is 1. The number of nitrogens with one attached hydrogen (secondary N) is 1. The Hall–Kier alpha value is -1.79. The van der Waals surface area contributed by atoms with Gasteiger partial charge in [-0.15, -0.1) is 0 Å². The molecule has 0 aromatic rings. The molecule has 1 rings (SSSR count). The van der Waals surface area contributed by atoms with E-state index < -0.39 is 5.97 Å². The third-order valence-corrected chi connectivity index (χ3v) is 3.53. The molecule has 20 heavy (non-hydrogen) atoms. The second-order valence-electron chi connectivity index (χ2n) is 5.10. The van der Waals surface area contributed by atoms with Crippen LogP contribution in [0.2, 0.25) is 0 Å². The monoisotopic (exact) mass is 285 g/mol. The van der Waals surface area contributed by atoms with Crippen LogP contribution < -0.4 is 11.1 Å². The number of likely N-dealkylation sites (tertiary alicyclic amines) is 1. The number of carboxylic acid groups (broad SMARTS) is 1. The van der Waals surface area contributed by atoms with Gasteiger partial charge >= 0.3 is 12.0 Å². The molecule has 4 N–H and O–H groups in total. The van der Waals surface area contributed by atoms with E-state index in [2.05, 4.69) is 5.32 Å². The summed E-state index contributed by atoms with van der Waals surface area (Å²) in [5.74, 6) is -1.19. The molecule has 0 spiro atoms. The van der Waals surface area contributed by atoms with Crippen LogP contribution >= 0.6 is 0 Å². The fourth-order valence-corrected chi connectivity index (χ4v) is 2.25. The number of urea groups is 1. The SMILES string of the molecule is NC(=O)C1CCN(C(=O)NCCCCCC(=O)O)CC1. The molecule has 114 valence electrons. The second kappa shape index (κ2) is 8.39. The standard InChI is InChI=1S/C13H23N3O4/c14-12(19)10-5-8-16(9-6-10)13(20)15-7-3-1-2-4-11(17)18/h10H,1-9H2,(H2,14,19)(H,15,20)(H,17,18). The summed E-state index contributed by atoms with van der Waals surface area (Å²) < 4.78 is 0. The first-order chi connectivity index (χ1) is 9.50. The van der Waals surface area contributed by atoms with Crippen molar-refractivity contribution >= 4 is 17.9 Å². The molecule has 3 amide bonds. The number of hydrogen-bond donors (Lipinski definition) is 3. The van der Waals surface area contributed by atoms with Crippen LogP contribution in [0.3, 0.4) is 0 Å². The highest BCUT2D eigenvalue weighted by atomic mass is 16.4. The lowest BCUT2D eigenvalue weighted by Gasteiger charge is -2.30. The summed E-state index contributed by atoms with van der Waals surface area (Å²) in [4.78, 5) is 34.8. The lowest BCUT2D eigenvalue weighted by Crippen LogP contribution is -2.46. The highest BCUT2D eigenvalue weighted by Crippen LogP contribution is 2.16. The Balaban J connectivity index is 2.09. The van der Waals surface area contributed by atoms with E-state index in [4.69, 9.17) is 10.8 Å². The zero-order chi connectivity index (χ0) is 15.0. The van der Waals surface area contributed by atoms with Gasteiger partial charge in [-0.05, 0) is 25.7 Å².